The monoisotopic (exact) mass is 334 g/mol. The first-order chi connectivity index (χ1) is 11.8. The molecule has 0 spiro atoms. The van der Waals surface area contributed by atoms with Crippen LogP contribution < -0.4 is 5.32 Å². The van der Waals surface area contributed by atoms with Crippen LogP contribution in [0.25, 0.3) is 0 Å². The van der Waals surface area contributed by atoms with Crippen LogP contribution in [0.3, 0.4) is 0 Å². The Hall–Kier alpha value is -0.500. The number of rotatable bonds is 11. The lowest BCUT2D eigenvalue weighted by molar-refractivity contribution is 0.0817. The third kappa shape index (κ3) is 7.17. The number of unbranched alkanes of at least 4 members (excludes halogenated alkanes) is 3. The van der Waals surface area contributed by atoms with Crippen molar-refractivity contribution in [2.75, 3.05) is 13.1 Å². The average Bonchev–Trinajstić information content (AvgIpc) is 2.63. The van der Waals surface area contributed by atoms with Crippen molar-refractivity contribution >= 4 is 0 Å². The van der Waals surface area contributed by atoms with E-state index < -0.39 is 0 Å². The Morgan fingerprint density at radius 2 is 1.46 bits per heavy atom. The minimum absolute atomic E-state index is 0.860. The second kappa shape index (κ2) is 12.0. The molecule has 0 amide bonds. The SMILES string of the molecule is C=C(CCN(C1CCCCC1)C1CCCCC1)NCCCCCC. The van der Waals surface area contributed by atoms with Crippen molar-refractivity contribution in [1.29, 1.82) is 0 Å². The van der Waals surface area contributed by atoms with E-state index in [9.17, 15) is 0 Å². The summed E-state index contributed by atoms with van der Waals surface area (Å²) in [5.41, 5.74) is 1.27. The molecule has 0 aromatic carbocycles. The zero-order chi connectivity index (χ0) is 17.0. The molecule has 0 unspecified atom stereocenters. The van der Waals surface area contributed by atoms with E-state index in [0.717, 1.165) is 25.0 Å². The summed E-state index contributed by atoms with van der Waals surface area (Å²) in [6.45, 7) is 8.92. The normalized spacial score (nSPS) is 20.4. The maximum absolute atomic E-state index is 4.30. The molecule has 2 rings (SSSR count). The van der Waals surface area contributed by atoms with Gasteiger partial charge in [0.15, 0.2) is 0 Å². The molecule has 2 aliphatic rings. The summed E-state index contributed by atoms with van der Waals surface area (Å²) in [4.78, 5) is 2.91. The Morgan fingerprint density at radius 1 is 0.875 bits per heavy atom. The average molecular weight is 335 g/mol. The van der Waals surface area contributed by atoms with Crippen molar-refractivity contribution in [2.24, 2.45) is 0 Å². The van der Waals surface area contributed by atoms with Crippen molar-refractivity contribution in [3.05, 3.63) is 12.3 Å². The zero-order valence-corrected chi connectivity index (χ0v) is 16.3. The summed E-state index contributed by atoms with van der Waals surface area (Å²) in [6, 6.07) is 1.72. The van der Waals surface area contributed by atoms with E-state index in [2.05, 4.69) is 23.7 Å². The van der Waals surface area contributed by atoms with E-state index in [1.165, 1.54) is 102 Å². The highest BCUT2D eigenvalue weighted by Gasteiger charge is 2.28. The van der Waals surface area contributed by atoms with Gasteiger partial charge in [0.2, 0.25) is 0 Å². The van der Waals surface area contributed by atoms with E-state index in [1.807, 2.05) is 0 Å². The van der Waals surface area contributed by atoms with Gasteiger partial charge in [-0.15, -0.1) is 0 Å². The number of hydrogen-bond donors (Lipinski definition) is 1. The molecule has 0 aromatic heterocycles. The van der Waals surface area contributed by atoms with Crippen LogP contribution in [-0.2, 0) is 0 Å². The van der Waals surface area contributed by atoms with Crippen LogP contribution in [0, 0.1) is 0 Å². The summed E-state index contributed by atoms with van der Waals surface area (Å²) in [6.07, 6.45) is 20.9. The van der Waals surface area contributed by atoms with Gasteiger partial charge in [0.05, 0.1) is 0 Å². The van der Waals surface area contributed by atoms with Gasteiger partial charge in [-0.25, -0.2) is 0 Å². The van der Waals surface area contributed by atoms with E-state index in [1.54, 1.807) is 0 Å². The third-order valence-corrected chi connectivity index (χ3v) is 6.16. The molecular formula is C22H42N2. The highest BCUT2D eigenvalue weighted by atomic mass is 15.2. The van der Waals surface area contributed by atoms with Crippen LogP contribution in [-0.4, -0.2) is 30.1 Å². The van der Waals surface area contributed by atoms with Crippen molar-refractivity contribution < 1.29 is 0 Å². The maximum Gasteiger partial charge on any atom is 0.0143 e. The molecule has 0 aromatic rings. The Labute approximate surface area is 151 Å². The van der Waals surface area contributed by atoms with Gasteiger partial charge < -0.3 is 5.32 Å². The van der Waals surface area contributed by atoms with Crippen LogP contribution in [0.5, 0.6) is 0 Å². The Kier molecular flexibility index (Phi) is 9.87. The number of nitrogens with zero attached hydrogens (tertiary/aromatic N) is 1. The highest BCUT2D eigenvalue weighted by molar-refractivity contribution is 4.94. The highest BCUT2D eigenvalue weighted by Crippen LogP contribution is 2.30. The van der Waals surface area contributed by atoms with Crippen molar-refractivity contribution in [3.8, 4) is 0 Å². The molecule has 0 radical (unpaired) electrons. The van der Waals surface area contributed by atoms with Gasteiger partial charge in [-0.1, -0.05) is 71.3 Å². The fraction of sp³-hybridized carbons (Fsp3) is 0.909. The quantitative estimate of drug-likeness (QED) is 0.464. The predicted octanol–water partition coefficient (Wildman–Crippen LogP) is 6.03. The van der Waals surface area contributed by atoms with Gasteiger partial charge in [-0.3, -0.25) is 4.90 Å². The lowest BCUT2D eigenvalue weighted by Crippen LogP contribution is -2.46. The third-order valence-electron chi connectivity index (χ3n) is 6.16. The first-order valence-electron chi connectivity index (χ1n) is 11.0. The summed E-state index contributed by atoms with van der Waals surface area (Å²) in [7, 11) is 0. The summed E-state index contributed by atoms with van der Waals surface area (Å²) < 4.78 is 0. The smallest absolute Gasteiger partial charge is 0.0143 e. The first kappa shape index (κ1) is 19.8. The van der Waals surface area contributed by atoms with E-state index in [4.69, 9.17) is 0 Å². The molecule has 2 nitrogen and oxygen atoms in total. The molecule has 0 aliphatic heterocycles. The summed E-state index contributed by atoms with van der Waals surface area (Å²) in [5, 5.41) is 3.58. The fourth-order valence-electron chi connectivity index (χ4n) is 4.66. The van der Waals surface area contributed by atoms with E-state index in [-0.39, 0.29) is 0 Å². The minimum atomic E-state index is 0.860. The lowest BCUT2D eigenvalue weighted by atomic mass is 9.88. The Bertz CT molecular complexity index is 309. The van der Waals surface area contributed by atoms with Crippen molar-refractivity contribution in [3.63, 3.8) is 0 Å². The van der Waals surface area contributed by atoms with Crippen LogP contribution in [0.1, 0.15) is 103 Å². The molecule has 0 saturated heterocycles. The molecule has 1 N–H and O–H groups in total. The van der Waals surface area contributed by atoms with Gasteiger partial charge in [-0.05, 0) is 38.5 Å². The predicted molar refractivity (Wildman–Crippen MR) is 106 cm³/mol. The molecule has 2 aliphatic carbocycles. The van der Waals surface area contributed by atoms with Gasteiger partial charge in [-0.2, -0.15) is 0 Å². The minimum Gasteiger partial charge on any atom is -0.389 e. The lowest BCUT2D eigenvalue weighted by Gasteiger charge is -2.42. The van der Waals surface area contributed by atoms with Gasteiger partial charge in [0, 0.05) is 30.9 Å². The standard InChI is InChI=1S/C22H42N2/c1-3-4-5-12-18-23-20(2)17-19-24(21-13-8-6-9-14-21)22-15-10-7-11-16-22/h21-23H,2-19H2,1H3. The summed E-state index contributed by atoms with van der Waals surface area (Å²) >= 11 is 0. The molecule has 2 fully saturated rings. The van der Waals surface area contributed by atoms with Crippen LogP contribution in [0.4, 0.5) is 0 Å². The number of nitrogens with one attached hydrogen (secondary N) is 1. The van der Waals surface area contributed by atoms with Crippen LogP contribution in [0.2, 0.25) is 0 Å². The van der Waals surface area contributed by atoms with Gasteiger partial charge >= 0.3 is 0 Å². The molecule has 0 heterocycles. The van der Waals surface area contributed by atoms with Crippen molar-refractivity contribution in [2.45, 2.75) is 115 Å². The Morgan fingerprint density at radius 3 is 2.00 bits per heavy atom. The fourth-order valence-corrected chi connectivity index (χ4v) is 4.66. The van der Waals surface area contributed by atoms with E-state index >= 15 is 0 Å². The largest absolute Gasteiger partial charge is 0.389 e. The van der Waals surface area contributed by atoms with Crippen LogP contribution in [0.15, 0.2) is 12.3 Å². The first-order valence-corrected chi connectivity index (χ1v) is 11.0. The zero-order valence-electron chi connectivity index (χ0n) is 16.3. The topological polar surface area (TPSA) is 15.3 Å². The molecule has 24 heavy (non-hydrogen) atoms. The summed E-state index contributed by atoms with van der Waals surface area (Å²) in [5.74, 6) is 0. The Balaban J connectivity index is 1.73. The molecule has 140 valence electrons. The molecule has 2 saturated carbocycles. The molecule has 2 heteroatoms. The molecular weight excluding hydrogens is 292 g/mol. The van der Waals surface area contributed by atoms with Crippen molar-refractivity contribution in [1.82, 2.24) is 10.2 Å². The molecule has 0 atom stereocenters. The maximum atomic E-state index is 4.30. The van der Waals surface area contributed by atoms with Crippen LogP contribution >= 0.6 is 0 Å². The van der Waals surface area contributed by atoms with Gasteiger partial charge in [0.25, 0.3) is 0 Å². The second-order valence-electron chi connectivity index (χ2n) is 8.16. The molecule has 0 bridgehead atoms. The van der Waals surface area contributed by atoms with E-state index in [0.29, 0.717) is 0 Å². The number of hydrogen-bond acceptors (Lipinski definition) is 2. The van der Waals surface area contributed by atoms with Gasteiger partial charge in [0.1, 0.15) is 0 Å². The second-order valence-corrected chi connectivity index (χ2v) is 8.16.